The second kappa shape index (κ2) is 3.75. The number of aliphatic hydroxyl groups excluding tert-OH is 1. The Bertz CT molecular complexity index is 328. The highest BCUT2D eigenvalue weighted by molar-refractivity contribution is 5.65. The summed E-state index contributed by atoms with van der Waals surface area (Å²) in [6, 6.07) is 5.57. The van der Waals surface area contributed by atoms with Crippen LogP contribution in [-0.4, -0.2) is 31.4 Å². The Hall–Kier alpha value is -1.42. The molecule has 0 saturated carbocycles. The molecule has 4 nitrogen and oxygen atoms in total. The monoisotopic (exact) mass is 194 g/mol. The van der Waals surface area contributed by atoms with Gasteiger partial charge in [-0.05, 0) is 18.2 Å². The second-order valence-electron chi connectivity index (χ2n) is 3.29. The molecule has 1 aliphatic heterocycles. The maximum atomic E-state index is 8.90. The van der Waals surface area contributed by atoms with Crippen LogP contribution in [-0.2, 0) is 0 Å². The van der Waals surface area contributed by atoms with Gasteiger partial charge in [-0.15, -0.1) is 0 Å². The molecule has 0 spiro atoms. The Balaban J connectivity index is 2.32. The van der Waals surface area contributed by atoms with E-state index in [-0.39, 0.29) is 6.61 Å². The van der Waals surface area contributed by atoms with Gasteiger partial charge >= 0.3 is 0 Å². The Morgan fingerprint density at radius 3 is 3.14 bits per heavy atom. The molecular weight excluding hydrogens is 180 g/mol. The van der Waals surface area contributed by atoms with Crippen molar-refractivity contribution in [2.24, 2.45) is 0 Å². The Labute approximate surface area is 82.9 Å². The van der Waals surface area contributed by atoms with Crippen LogP contribution in [0.25, 0.3) is 0 Å². The van der Waals surface area contributed by atoms with Crippen molar-refractivity contribution in [2.75, 3.05) is 36.9 Å². The van der Waals surface area contributed by atoms with E-state index in [1.807, 2.05) is 18.2 Å². The Morgan fingerprint density at radius 2 is 2.36 bits per heavy atom. The first-order chi connectivity index (χ1) is 6.81. The lowest BCUT2D eigenvalue weighted by atomic mass is 10.2. The zero-order valence-electron chi connectivity index (χ0n) is 7.94. The maximum Gasteiger partial charge on any atom is 0.142 e. The molecule has 1 aliphatic rings. The fourth-order valence-electron chi connectivity index (χ4n) is 1.64. The predicted molar refractivity (Wildman–Crippen MR) is 55.6 cm³/mol. The van der Waals surface area contributed by atoms with E-state index in [0.29, 0.717) is 13.2 Å². The molecule has 0 fully saturated rings. The highest BCUT2D eigenvalue weighted by Crippen LogP contribution is 2.32. The summed E-state index contributed by atoms with van der Waals surface area (Å²) in [5.41, 5.74) is 7.39. The minimum atomic E-state index is 0.147. The number of nitrogen functional groups attached to an aromatic ring is 1. The van der Waals surface area contributed by atoms with E-state index in [9.17, 15) is 0 Å². The van der Waals surface area contributed by atoms with Crippen LogP contribution >= 0.6 is 0 Å². The van der Waals surface area contributed by atoms with Crippen LogP contribution in [0.3, 0.4) is 0 Å². The smallest absolute Gasteiger partial charge is 0.142 e. The Morgan fingerprint density at radius 1 is 1.50 bits per heavy atom. The van der Waals surface area contributed by atoms with Gasteiger partial charge in [-0.3, -0.25) is 0 Å². The molecule has 0 bridgehead atoms. The number of anilines is 2. The zero-order valence-corrected chi connectivity index (χ0v) is 7.94. The molecule has 14 heavy (non-hydrogen) atoms. The SMILES string of the molecule is Nc1ccc2c(c1)N(CCO)CCO2. The van der Waals surface area contributed by atoms with E-state index in [4.69, 9.17) is 15.6 Å². The van der Waals surface area contributed by atoms with Crippen LogP contribution in [0.15, 0.2) is 18.2 Å². The van der Waals surface area contributed by atoms with Gasteiger partial charge in [0, 0.05) is 12.2 Å². The predicted octanol–water partition coefficient (Wildman–Crippen LogP) is 0.460. The lowest BCUT2D eigenvalue weighted by Gasteiger charge is -2.30. The zero-order chi connectivity index (χ0) is 9.97. The molecule has 0 atom stereocenters. The molecule has 0 aliphatic carbocycles. The van der Waals surface area contributed by atoms with Gasteiger partial charge in [-0.2, -0.15) is 0 Å². The minimum absolute atomic E-state index is 0.147. The lowest BCUT2D eigenvalue weighted by Crippen LogP contribution is -2.34. The molecule has 0 saturated heterocycles. The summed E-state index contributed by atoms with van der Waals surface area (Å²) in [6.07, 6.45) is 0. The molecule has 1 heterocycles. The number of nitrogens with zero attached hydrogens (tertiary/aromatic N) is 1. The van der Waals surface area contributed by atoms with E-state index < -0.39 is 0 Å². The summed E-state index contributed by atoms with van der Waals surface area (Å²) in [7, 11) is 0. The molecule has 1 aromatic rings. The number of β-amino-alcohol motifs (C(OH)–C–C–N with tert-alkyl or cyclic N) is 1. The van der Waals surface area contributed by atoms with Gasteiger partial charge in [0.05, 0.1) is 18.8 Å². The summed E-state index contributed by atoms with van der Waals surface area (Å²) < 4.78 is 5.48. The number of ether oxygens (including phenoxy) is 1. The third-order valence-electron chi connectivity index (χ3n) is 2.31. The fraction of sp³-hybridized carbons (Fsp3) is 0.400. The van der Waals surface area contributed by atoms with Gasteiger partial charge in [-0.1, -0.05) is 0 Å². The largest absolute Gasteiger partial charge is 0.490 e. The topological polar surface area (TPSA) is 58.7 Å². The summed E-state index contributed by atoms with van der Waals surface area (Å²) >= 11 is 0. The number of rotatable bonds is 2. The van der Waals surface area contributed by atoms with Crippen molar-refractivity contribution in [1.82, 2.24) is 0 Å². The maximum absolute atomic E-state index is 8.90. The van der Waals surface area contributed by atoms with Crippen LogP contribution in [0.2, 0.25) is 0 Å². The summed E-state index contributed by atoms with van der Waals surface area (Å²) in [5.74, 6) is 0.846. The van der Waals surface area contributed by atoms with Crippen LogP contribution in [0.1, 0.15) is 0 Å². The van der Waals surface area contributed by atoms with Crippen molar-refractivity contribution in [2.45, 2.75) is 0 Å². The molecule has 76 valence electrons. The van der Waals surface area contributed by atoms with Crippen molar-refractivity contribution in [3.05, 3.63) is 18.2 Å². The first kappa shape index (κ1) is 9.15. The van der Waals surface area contributed by atoms with E-state index in [1.165, 1.54) is 0 Å². The quantitative estimate of drug-likeness (QED) is 0.671. The first-order valence-electron chi connectivity index (χ1n) is 4.69. The molecule has 3 N–H and O–H groups in total. The molecule has 0 radical (unpaired) electrons. The van der Waals surface area contributed by atoms with Crippen molar-refractivity contribution < 1.29 is 9.84 Å². The average Bonchev–Trinajstić information content (AvgIpc) is 2.19. The van der Waals surface area contributed by atoms with Gasteiger partial charge in [0.15, 0.2) is 0 Å². The molecule has 0 unspecified atom stereocenters. The van der Waals surface area contributed by atoms with Gasteiger partial charge < -0.3 is 20.5 Å². The number of aliphatic hydroxyl groups is 1. The fourth-order valence-corrected chi connectivity index (χ4v) is 1.64. The van der Waals surface area contributed by atoms with Crippen LogP contribution in [0, 0.1) is 0 Å². The number of fused-ring (bicyclic) bond motifs is 1. The van der Waals surface area contributed by atoms with Crippen molar-refractivity contribution in [1.29, 1.82) is 0 Å². The van der Waals surface area contributed by atoms with Crippen molar-refractivity contribution >= 4 is 11.4 Å². The van der Waals surface area contributed by atoms with E-state index in [2.05, 4.69) is 4.90 Å². The van der Waals surface area contributed by atoms with Crippen LogP contribution in [0.4, 0.5) is 11.4 Å². The van der Waals surface area contributed by atoms with E-state index >= 15 is 0 Å². The van der Waals surface area contributed by atoms with Crippen LogP contribution in [0.5, 0.6) is 5.75 Å². The van der Waals surface area contributed by atoms with Gasteiger partial charge in [-0.25, -0.2) is 0 Å². The molecule has 0 aromatic heterocycles. The van der Waals surface area contributed by atoms with Crippen molar-refractivity contribution in [3.8, 4) is 5.75 Å². The normalized spacial score (nSPS) is 14.8. The molecule has 0 amide bonds. The average molecular weight is 194 g/mol. The van der Waals surface area contributed by atoms with Crippen molar-refractivity contribution in [3.63, 3.8) is 0 Å². The van der Waals surface area contributed by atoms with Gasteiger partial charge in [0.2, 0.25) is 0 Å². The van der Waals surface area contributed by atoms with E-state index in [1.54, 1.807) is 0 Å². The number of benzene rings is 1. The Kier molecular flexibility index (Phi) is 2.45. The molecule has 1 aromatic carbocycles. The molecular formula is C10H14N2O2. The standard InChI is InChI=1S/C10H14N2O2/c11-8-1-2-10-9(7-8)12(3-5-13)4-6-14-10/h1-2,7,13H,3-6,11H2. The first-order valence-corrected chi connectivity index (χ1v) is 4.69. The second-order valence-corrected chi connectivity index (χ2v) is 3.29. The third-order valence-corrected chi connectivity index (χ3v) is 2.31. The third kappa shape index (κ3) is 1.61. The van der Waals surface area contributed by atoms with Crippen LogP contribution < -0.4 is 15.4 Å². The number of hydrogen-bond acceptors (Lipinski definition) is 4. The molecule has 4 heteroatoms. The highest BCUT2D eigenvalue weighted by Gasteiger charge is 2.17. The molecule has 2 rings (SSSR count). The van der Waals surface area contributed by atoms with Gasteiger partial charge in [0.1, 0.15) is 12.4 Å². The minimum Gasteiger partial charge on any atom is -0.490 e. The van der Waals surface area contributed by atoms with E-state index in [0.717, 1.165) is 23.7 Å². The van der Waals surface area contributed by atoms with Gasteiger partial charge in [0.25, 0.3) is 0 Å². The summed E-state index contributed by atoms with van der Waals surface area (Å²) in [5, 5.41) is 8.90. The highest BCUT2D eigenvalue weighted by atomic mass is 16.5. The summed E-state index contributed by atoms with van der Waals surface area (Å²) in [4.78, 5) is 2.08. The number of nitrogens with two attached hydrogens (primary N) is 1. The lowest BCUT2D eigenvalue weighted by molar-refractivity contribution is 0.278. The number of hydrogen-bond donors (Lipinski definition) is 2. The summed E-state index contributed by atoms with van der Waals surface area (Å²) in [6.45, 7) is 2.24.